The molecule has 0 aromatic rings. The summed E-state index contributed by atoms with van der Waals surface area (Å²) in [6.45, 7) is 0. The number of hydrogen-bond acceptors (Lipinski definition) is 2. The Morgan fingerprint density at radius 3 is 2.50 bits per heavy atom. The van der Waals surface area contributed by atoms with Gasteiger partial charge in [-0.3, -0.25) is 4.79 Å². The van der Waals surface area contributed by atoms with Crippen molar-refractivity contribution in [3.63, 3.8) is 0 Å². The van der Waals surface area contributed by atoms with Gasteiger partial charge in [-0.25, -0.2) is 0 Å². The molecule has 0 aliphatic carbocycles. The Labute approximate surface area is 35.9 Å². The number of amides is 1. The third-order valence-corrected chi connectivity index (χ3v) is 0.377. The van der Waals surface area contributed by atoms with Gasteiger partial charge in [-0.15, -0.1) is 0 Å². The number of rotatable bonds is 1. The van der Waals surface area contributed by atoms with Crippen LogP contribution < -0.4 is 5.32 Å². The molecule has 0 radical (unpaired) electrons. The lowest BCUT2D eigenvalue weighted by Gasteiger charge is -1.81. The van der Waals surface area contributed by atoms with Gasteiger partial charge in [0.25, 0.3) is 5.91 Å². The SMILES string of the molecule is CNC(=O)C=N. The summed E-state index contributed by atoms with van der Waals surface area (Å²) in [4.78, 5) is 9.83. The van der Waals surface area contributed by atoms with Crippen molar-refractivity contribution in [2.24, 2.45) is 0 Å². The molecule has 0 saturated carbocycles. The Bertz CT molecular complexity index is 69.2. The lowest BCUT2D eigenvalue weighted by atomic mass is 10.7. The molecule has 6 heavy (non-hydrogen) atoms. The largest absolute Gasteiger partial charge is 0.354 e. The number of carbonyl (C=O) groups is 1. The van der Waals surface area contributed by atoms with Crippen molar-refractivity contribution < 1.29 is 4.79 Å². The molecule has 1 amide bonds. The molecule has 0 bridgehead atoms. The Kier molecular flexibility index (Phi) is 2.04. The van der Waals surface area contributed by atoms with E-state index in [-0.39, 0.29) is 5.91 Å². The minimum Gasteiger partial charge on any atom is -0.354 e. The monoisotopic (exact) mass is 86.0 g/mol. The highest BCUT2D eigenvalue weighted by Crippen LogP contribution is 1.44. The van der Waals surface area contributed by atoms with Crippen LogP contribution in [0.3, 0.4) is 0 Å². The summed E-state index contributed by atoms with van der Waals surface area (Å²) in [7, 11) is 1.48. The zero-order chi connectivity index (χ0) is 4.99. The van der Waals surface area contributed by atoms with E-state index in [2.05, 4.69) is 5.32 Å². The fourth-order valence-electron chi connectivity index (χ4n) is 0.0722. The van der Waals surface area contributed by atoms with Crippen LogP contribution in [-0.4, -0.2) is 19.2 Å². The summed E-state index contributed by atoms with van der Waals surface area (Å²) in [5, 5.41) is 8.50. The third-order valence-electron chi connectivity index (χ3n) is 0.377. The Morgan fingerprint density at radius 2 is 2.50 bits per heavy atom. The first-order valence-electron chi connectivity index (χ1n) is 1.53. The Hall–Kier alpha value is -0.860. The van der Waals surface area contributed by atoms with Gasteiger partial charge in [-0.1, -0.05) is 0 Å². The molecule has 0 aliphatic rings. The van der Waals surface area contributed by atoms with Crippen molar-refractivity contribution in [2.75, 3.05) is 7.05 Å². The normalized spacial score (nSPS) is 6.83. The molecular formula is C3H6N2O. The molecule has 34 valence electrons. The molecule has 0 spiro atoms. The highest BCUT2D eigenvalue weighted by molar-refractivity contribution is 6.24. The van der Waals surface area contributed by atoms with E-state index in [0.717, 1.165) is 6.21 Å². The first-order chi connectivity index (χ1) is 2.81. The van der Waals surface area contributed by atoms with E-state index in [1.54, 1.807) is 0 Å². The zero-order valence-corrected chi connectivity index (χ0v) is 3.49. The van der Waals surface area contributed by atoms with Gasteiger partial charge in [-0.05, 0) is 0 Å². The molecule has 0 aromatic carbocycles. The van der Waals surface area contributed by atoms with Gasteiger partial charge in [0.05, 0.1) is 6.21 Å². The number of hydrogen-bond donors (Lipinski definition) is 2. The second-order valence-electron chi connectivity index (χ2n) is 0.759. The van der Waals surface area contributed by atoms with Crippen molar-refractivity contribution in [1.82, 2.24) is 5.32 Å². The molecule has 0 heterocycles. The summed E-state index contributed by atoms with van der Waals surface area (Å²) in [6, 6.07) is 0. The van der Waals surface area contributed by atoms with E-state index < -0.39 is 0 Å². The van der Waals surface area contributed by atoms with Crippen LogP contribution >= 0.6 is 0 Å². The lowest BCUT2D eigenvalue weighted by molar-refractivity contribution is -0.114. The van der Waals surface area contributed by atoms with Gasteiger partial charge in [0, 0.05) is 7.05 Å². The van der Waals surface area contributed by atoms with E-state index in [0.29, 0.717) is 0 Å². The summed E-state index contributed by atoms with van der Waals surface area (Å²) in [5.41, 5.74) is 0. The summed E-state index contributed by atoms with van der Waals surface area (Å²) < 4.78 is 0. The fourth-order valence-corrected chi connectivity index (χ4v) is 0.0722. The van der Waals surface area contributed by atoms with Crippen LogP contribution in [0.2, 0.25) is 0 Å². The van der Waals surface area contributed by atoms with Crippen LogP contribution in [-0.2, 0) is 4.79 Å². The summed E-state index contributed by atoms with van der Waals surface area (Å²) in [5.74, 6) is -0.366. The number of carbonyl (C=O) groups excluding carboxylic acids is 1. The molecule has 0 aromatic heterocycles. The van der Waals surface area contributed by atoms with Crippen LogP contribution in [0.1, 0.15) is 0 Å². The fraction of sp³-hybridized carbons (Fsp3) is 0.333. The number of nitrogens with one attached hydrogen (secondary N) is 2. The first-order valence-corrected chi connectivity index (χ1v) is 1.53. The molecule has 0 fully saturated rings. The zero-order valence-electron chi connectivity index (χ0n) is 3.49. The maximum absolute atomic E-state index is 9.83. The van der Waals surface area contributed by atoms with E-state index >= 15 is 0 Å². The molecule has 0 atom stereocenters. The lowest BCUT2D eigenvalue weighted by Crippen LogP contribution is -2.17. The van der Waals surface area contributed by atoms with Crippen LogP contribution in [0.5, 0.6) is 0 Å². The Morgan fingerprint density at radius 1 is 2.00 bits per heavy atom. The smallest absolute Gasteiger partial charge is 0.261 e. The molecule has 0 aliphatic heterocycles. The quantitative estimate of drug-likeness (QED) is 0.410. The van der Waals surface area contributed by atoms with Gasteiger partial charge in [0.2, 0.25) is 0 Å². The third kappa shape index (κ3) is 1.46. The second kappa shape index (κ2) is 2.38. The van der Waals surface area contributed by atoms with E-state index in [1.807, 2.05) is 0 Å². The first kappa shape index (κ1) is 5.14. The van der Waals surface area contributed by atoms with Gasteiger partial charge < -0.3 is 10.7 Å². The van der Waals surface area contributed by atoms with Gasteiger partial charge in [-0.2, -0.15) is 0 Å². The summed E-state index contributed by atoms with van der Waals surface area (Å²) in [6.07, 6.45) is 0.722. The van der Waals surface area contributed by atoms with Crippen LogP contribution in [0.25, 0.3) is 0 Å². The van der Waals surface area contributed by atoms with Crippen LogP contribution in [0, 0.1) is 5.41 Å². The standard InChI is InChI=1S/C3H6N2O/c1-5-3(6)2-4/h2,4H,1H3,(H,5,6). The van der Waals surface area contributed by atoms with Crippen molar-refractivity contribution in [3.05, 3.63) is 0 Å². The molecule has 0 unspecified atom stereocenters. The predicted molar refractivity (Wildman–Crippen MR) is 22.9 cm³/mol. The van der Waals surface area contributed by atoms with Crippen molar-refractivity contribution in [3.8, 4) is 0 Å². The van der Waals surface area contributed by atoms with E-state index in [9.17, 15) is 4.79 Å². The van der Waals surface area contributed by atoms with E-state index in [4.69, 9.17) is 5.41 Å². The summed E-state index contributed by atoms with van der Waals surface area (Å²) >= 11 is 0. The topological polar surface area (TPSA) is 53.0 Å². The van der Waals surface area contributed by atoms with Crippen LogP contribution in [0.4, 0.5) is 0 Å². The Balaban J connectivity index is 3.23. The van der Waals surface area contributed by atoms with Gasteiger partial charge in [0.15, 0.2) is 0 Å². The van der Waals surface area contributed by atoms with Crippen LogP contribution in [0.15, 0.2) is 0 Å². The molecule has 0 saturated heterocycles. The highest BCUT2D eigenvalue weighted by Gasteiger charge is 1.80. The minimum atomic E-state index is -0.366. The van der Waals surface area contributed by atoms with Crippen molar-refractivity contribution in [2.45, 2.75) is 0 Å². The van der Waals surface area contributed by atoms with Gasteiger partial charge in [0.1, 0.15) is 0 Å². The maximum Gasteiger partial charge on any atom is 0.261 e. The van der Waals surface area contributed by atoms with E-state index in [1.165, 1.54) is 7.05 Å². The molecule has 2 N–H and O–H groups in total. The van der Waals surface area contributed by atoms with Gasteiger partial charge >= 0.3 is 0 Å². The average molecular weight is 86.1 g/mol. The second-order valence-corrected chi connectivity index (χ2v) is 0.759. The average Bonchev–Trinajstić information content (AvgIpc) is 1.65. The minimum absolute atomic E-state index is 0.366. The van der Waals surface area contributed by atoms with Crippen molar-refractivity contribution >= 4 is 12.1 Å². The molecule has 0 rings (SSSR count). The molecule has 3 heteroatoms. The maximum atomic E-state index is 9.83. The highest BCUT2D eigenvalue weighted by atomic mass is 16.1. The van der Waals surface area contributed by atoms with Crippen molar-refractivity contribution in [1.29, 1.82) is 5.41 Å². The molecule has 3 nitrogen and oxygen atoms in total. The molecular weight excluding hydrogens is 80.0 g/mol. The predicted octanol–water partition coefficient (Wildman–Crippen LogP) is -0.618.